The summed E-state index contributed by atoms with van der Waals surface area (Å²) in [5.74, 6) is -0.329. The Bertz CT molecular complexity index is 719. The molecular weight excluding hydrogens is 418 g/mol. The van der Waals surface area contributed by atoms with Crippen molar-refractivity contribution in [1.82, 2.24) is 9.80 Å². The highest BCUT2D eigenvalue weighted by molar-refractivity contribution is 9.10. The van der Waals surface area contributed by atoms with Gasteiger partial charge < -0.3 is 25.0 Å². The maximum Gasteiger partial charge on any atom is 0.410 e. The summed E-state index contributed by atoms with van der Waals surface area (Å²) in [6, 6.07) is 6.50. The topological polar surface area (TPSA) is 99.2 Å². The van der Waals surface area contributed by atoms with Crippen LogP contribution in [0.3, 0.4) is 0 Å². The number of para-hydroxylation sites is 1. The average molecular weight is 442 g/mol. The van der Waals surface area contributed by atoms with E-state index in [0.29, 0.717) is 5.69 Å². The second-order valence-electron chi connectivity index (χ2n) is 7.29. The molecule has 0 aromatic heterocycles. The fourth-order valence-corrected chi connectivity index (χ4v) is 3.14. The summed E-state index contributed by atoms with van der Waals surface area (Å²) in [7, 11) is 0. The number of rotatable bonds is 3. The maximum atomic E-state index is 12.4. The molecule has 2 N–H and O–H groups in total. The van der Waals surface area contributed by atoms with E-state index in [1.165, 1.54) is 9.80 Å². The first-order valence-electron chi connectivity index (χ1n) is 8.58. The predicted molar refractivity (Wildman–Crippen MR) is 104 cm³/mol. The molecule has 0 saturated carbocycles. The third kappa shape index (κ3) is 6.13. The molecule has 1 fully saturated rings. The Morgan fingerprint density at radius 1 is 1.26 bits per heavy atom. The largest absolute Gasteiger partial charge is 0.465 e. The first-order chi connectivity index (χ1) is 12.6. The van der Waals surface area contributed by atoms with Gasteiger partial charge in [-0.15, -0.1) is 0 Å². The van der Waals surface area contributed by atoms with Crippen molar-refractivity contribution in [3.63, 3.8) is 0 Å². The number of piperazine rings is 1. The third-order valence-corrected chi connectivity index (χ3v) is 4.64. The molecule has 1 aromatic carbocycles. The number of carbonyl (C=O) groups excluding carboxylic acids is 2. The van der Waals surface area contributed by atoms with Crippen LogP contribution in [-0.4, -0.2) is 64.3 Å². The minimum absolute atomic E-state index is 0.0626. The highest BCUT2D eigenvalue weighted by Crippen LogP contribution is 2.22. The molecule has 1 atom stereocenters. The van der Waals surface area contributed by atoms with Gasteiger partial charge in [0.15, 0.2) is 0 Å². The van der Waals surface area contributed by atoms with Crippen molar-refractivity contribution in [2.24, 2.45) is 0 Å². The zero-order valence-electron chi connectivity index (χ0n) is 15.6. The van der Waals surface area contributed by atoms with Gasteiger partial charge in [-0.2, -0.15) is 0 Å². The number of nitrogens with zero attached hydrogens (tertiary/aromatic N) is 2. The van der Waals surface area contributed by atoms with E-state index in [4.69, 9.17) is 4.74 Å². The summed E-state index contributed by atoms with van der Waals surface area (Å²) in [6.07, 6.45) is -1.69. The van der Waals surface area contributed by atoms with Crippen molar-refractivity contribution < 1.29 is 24.2 Å². The van der Waals surface area contributed by atoms with Crippen LogP contribution in [-0.2, 0) is 9.53 Å². The molecule has 0 radical (unpaired) electrons. The molecule has 1 heterocycles. The number of anilines is 1. The number of halogens is 1. The van der Waals surface area contributed by atoms with E-state index in [2.05, 4.69) is 21.2 Å². The standard InChI is InChI=1S/C18H24BrN3O5/c1-18(2,3)27-17(26)21-8-9-22(16(24)25)12(11-21)10-15(23)20-14-7-5-4-6-13(14)19/h4-7,12H,8-11H2,1-3H3,(H,20,23)(H,24,25). The highest BCUT2D eigenvalue weighted by Gasteiger charge is 2.35. The molecule has 0 spiro atoms. The number of benzene rings is 1. The van der Waals surface area contributed by atoms with Gasteiger partial charge >= 0.3 is 12.2 Å². The van der Waals surface area contributed by atoms with E-state index < -0.39 is 23.8 Å². The first kappa shape index (κ1) is 21.0. The van der Waals surface area contributed by atoms with Crippen LogP contribution in [0.1, 0.15) is 27.2 Å². The number of amides is 3. The Morgan fingerprint density at radius 3 is 2.52 bits per heavy atom. The minimum atomic E-state index is -1.11. The summed E-state index contributed by atoms with van der Waals surface area (Å²) in [5.41, 5.74) is -0.0443. The monoisotopic (exact) mass is 441 g/mol. The Morgan fingerprint density at radius 2 is 1.93 bits per heavy atom. The van der Waals surface area contributed by atoms with E-state index in [1.807, 2.05) is 6.07 Å². The lowest BCUT2D eigenvalue weighted by molar-refractivity contribution is -0.117. The van der Waals surface area contributed by atoms with Crippen LogP contribution in [0.15, 0.2) is 28.7 Å². The molecule has 1 unspecified atom stereocenters. The summed E-state index contributed by atoms with van der Waals surface area (Å²) < 4.78 is 6.08. The van der Waals surface area contributed by atoms with Crippen molar-refractivity contribution in [1.29, 1.82) is 0 Å². The number of nitrogens with one attached hydrogen (secondary N) is 1. The zero-order chi connectivity index (χ0) is 20.2. The van der Waals surface area contributed by atoms with E-state index in [-0.39, 0.29) is 32.0 Å². The molecule has 8 nitrogen and oxygen atoms in total. The normalized spacial score (nSPS) is 17.4. The molecule has 3 amide bonds. The highest BCUT2D eigenvalue weighted by atomic mass is 79.9. The molecule has 1 aromatic rings. The van der Waals surface area contributed by atoms with Gasteiger partial charge in [-0.1, -0.05) is 12.1 Å². The fourth-order valence-electron chi connectivity index (χ4n) is 2.75. The summed E-state index contributed by atoms with van der Waals surface area (Å²) in [6.45, 7) is 5.75. The van der Waals surface area contributed by atoms with Crippen molar-refractivity contribution in [3.8, 4) is 0 Å². The SMILES string of the molecule is CC(C)(C)OC(=O)N1CCN(C(=O)O)C(CC(=O)Nc2ccccc2Br)C1. The molecule has 148 valence electrons. The molecule has 0 aliphatic carbocycles. The Hall–Kier alpha value is -2.29. The van der Waals surface area contributed by atoms with Gasteiger partial charge in [0.2, 0.25) is 5.91 Å². The lowest BCUT2D eigenvalue weighted by Crippen LogP contribution is -2.57. The van der Waals surface area contributed by atoms with Crippen molar-refractivity contribution >= 4 is 39.7 Å². The number of carbonyl (C=O) groups is 3. The summed E-state index contributed by atoms with van der Waals surface area (Å²) >= 11 is 3.35. The Balaban J connectivity index is 2.05. The lowest BCUT2D eigenvalue weighted by atomic mass is 10.1. The van der Waals surface area contributed by atoms with Crippen molar-refractivity contribution in [3.05, 3.63) is 28.7 Å². The van der Waals surface area contributed by atoms with Crippen LogP contribution in [0.25, 0.3) is 0 Å². The van der Waals surface area contributed by atoms with Crippen LogP contribution >= 0.6 is 15.9 Å². The second kappa shape index (κ2) is 8.60. The number of carboxylic acid groups (broad SMARTS) is 1. The average Bonchev–Trinajstić information content (AvgIpc) is 2.55. The quantitative estimate of drug-likeness (QED) is 0.748. The lowest BCUT2D eigenvalue weighted by Gasteiger charge is -2.40. The molecule has 27 heavy (non-hydrogen) atoms. The van der Waals surface area contributed by atoms with Crippen LogP contribution in [0.4, 0.5) is 15.3 Å². The van der Waals surface area contributed by atoms with Gasteiger partial charge in [0.25, 0.3) is 0 Å². The molecule has 9 heteroatoms. The molecular formula is C18H24BrN3O5. The number of hydrogen-bond donors (Lipinski definition) is 2. The van der Waals surface area contributed by atoms with Crippen LogP contribution < -0.4 is 5.32 Å². The van der Waals surface area contributed by atoms with Gasteiger partial charge in [-0.3, -0.25) is 4.79 Å². The summed E-state index contributed by atoms with van der Waals surface area (Å²) in [4.78, 5) is 38.9. The first-order valence-corrected chi connectivity index (χ1v) is 9.38. The van der Waals surface area contributed by atoms with Gasteiger partial charge in [0.05, 0.1) is 11.7 Å². The molecule has 0 bridgehead atoms. The van der Waals surface area contributed by atoms with Crippen LogP contribution in [0.2, 0.25) is 0 Å². The van der Waals surface area contributed by atoms with Crippen LogP contribution in [0, 0.1) is 0 Å². The smallest absolute Gasteiger partial charge is 0.410 e. The van der Waals surface area contributed by atoms with E-state index >= 15 is 0 Å². The number of hydrogen-bond acceptors (Lipinski definition) is 4. The third-order valence-electron chi connectivity index (χ3n) is 3.95. The molecule has 1 saturated heterocycles. The second-order valence-corrected chi connectivity index (χ2v) is 8.14. The minimum Gasteiger partial charge on any atom is -0.465 e. The fraction of sp³-hybridized carbons (Fsp3) is 0.500. The van der Waals surface area contributed by atoms with Gasteiger partial charge in [-0.05, 0) is 48.8 Å². The van der Waals surface area contributed by atoms with Crippen molar-refractivity contribution in [2.45, 2.75) is 38.8 Å². The van der Waals surface area contributed by atoms with E-state index in [1.54, 1.807) is 39.0 Å². The van der Waals surface area contributed by atoms with E-state index in [0.717, 1.165) is 4.47 Å². The number of ether oxygens (including phenoxy) is 1. The van der Waals surface area contributed by atoms with Gasteiger partial charge in [-0.25, -0.2) is 9.59 Å². The predicted octanol–water partition coefficient (Wildman–Crippen LogP) is 3.38. The molecule has 1 aliphatic heterocycles. The van der Waals surface area contributed by atoms with Gasteiger partial charge in [0, 0.05) is 30.5 Å². The summed E-state index contributed by atoms with van der Waals surface area (Å²) in [5, 5.41) is 12.2. The van der Waals surface area contributed by atoms with Crippen molar-refractivity contribution in [2.75, 3.05) is 25.0 Å². The molecule has 1 aliphatic rings. The maximum absolute atomic E-state index is 12.4. The van der Waals surface area contributed by atoms with E-state index in [9.17, 15) is 19.5 Å². The van der Waals surface area contributed by atoms with Crippen LogP contribution in [0.5, 0.6) is 0 Å². The van der Waals surface area contributed by atoms with Gasteiger partial charge in [0.1, 0.15) is 5.60 Å². The Labute approximate surface area is 166 Å². The molecule has 2 rings (SSSR count). The Kier molecular flexibility index (Phi) is 6.69. The zero-order valence-corrected chi connectivity index (χ0v) is 17.2.